The summed E-state index contributed by atoms with van der Waals surface area (Å²) in [7, 11) is 1.58. The smallest absolute Gasteiger partial charge is 0.277 e. The number of aromatic nitrogens is 1. The van der Waals surface area contributed by atoms with E-state index in [0.29, 0.717) is 22.9 Å². The van der Waals surface area contributed by atoms with Gasteiger partial charge in [0.05, 0.1) is 12.7 Å². The molecular weight excluding hydrogens is 384 g/mol. The van der Waals surface area contributed by atoms with Crippen LogP contribution in [0.1, 0.15) is 42.6 Å². The van der Waals surface area contributed by atoms with Gasteiger partial charge in [0.1, 0.15) is 5.75 Å². The molecule has 0 radical (unpaired) electrons. The molecule has 1 aromatic heterocycles. The molecule has 1 saturated carbocycles. The van der Waals surface area contributed by atoms with E-state index in [2.05, 4.69) is 10.5 Å². The first kappa shape index (κ1) is 18.5. The van der Waals surface area contributed by atoms with E-state index in [1.54, 1.807) is 25.3 Å². The van der Waals surface area contributed by atoms with E-state index >= 15 is 0 Å². The number of carbonyl (C=O) groups excluding carboxylic acids is 1. The maximum atomic E-state index is 12.7. The van der Waals surface area contributed by atoms with Gasteiger partial charge in [0.15, 0.2) is 23.0 Å². The third kappa shape index (κ3) is 3.36. The normalized spacial score (nSPS) is 16.4. The summed E-state index contributed by atoms with van der Waals surface area (Å²) in [4.78, 5) is 12.7. The minimum Gasteiger partial charge on any atom is -0.496 e. The summed E-state index contributed by atoms with van der Waals surface area (Å²) in [5, 5.41) is 6.75. The number of amides is 1. The van der Waals surface area contributed by atoms with Crippen molar-refractivity contribution in [1.82, 2.24) is 5.16 Å². The Morgan fingerprint density at radius 2 is 1.83 bits per heavy atom. The molecule has 7 nitrogen and oxygen atoms in total. The Morgan fingerprint density at radius 3 is 2.67 bits per heavy atom. The van der Waals surface area contributed by atoms with Crippen molar-refractivity contribution in [3.63, 3.8) is 0 Å². The minimum atomic E-state index is -0.543. The lowest BCUT2D eigenvalue weighted by molar-refractivity contribution is -0.105. The number of hydrogen-bond donors (Lipinski definition) is 1. The Kier molecular flexibility index (Phi) is 4.58. The van der Waals surface area contributed by atoms with Gasteiger partial charge < -0.3 is 24.1 Å². The zero-order valence-corrected chi connectivity index (χ0v) is 16.6. The Morgan fingerprint density at radius 1 is 1.03 bits per heavy atom. The zero-order chi connectivity index (χ0) is 20.6. The number of para-hydroxylation sites is 1. The molecule has 2 aliphatic rings. The van der Waals surface area contributed by atoms with Crippen LogP contribution in [0.2, 0.25) is 0 Å². The predicted molar refractivity (Wildman–Crippen MR) is 110 cm³/mol. The average Bonchev–Trinajstić information content (AvgIpc) is 3.39. The summed E-state index contributed by atoms with van der Waals surface area (Å²) >= 11 is 0. The summed E-state index contributed by atoms with van der Waals surface area (Å²) in [6, 6.07) is 14.4. The van der Waals surface area contributed by atoms with Crippen LogP contribution in [0.5, 0.6) is 17.2 Å². The molecule has 1 amide bonds. The fourth-order valence-electron chi connectivity index (χ4n) is 4.02. The number of ether oxygens (including phenoxy) is 3. The Labute approximate surface area is 173 Å². The molecule has 3 aromatic rings. The molecule has 1 aliphatic heterocycles. The van der Waals surface area contributed by atoms with Crippen LogP contribution in [0.3, 0.4) is 0 Å². The summed E-state index contributed by atoms with van der Waals surface area (Å²) < 4.78 is 22.9. The molecule has 0 atom stereocenters. The SMILES string of the molecule is COc1ccccc1-c1cc(C(=O)Nc2ccc3c(c2)OC2(CCCCC2)O3)no1. The van der Waals surface area contributed by atoms with Crippen LogP contribution in [-0.2, 0) is 0 Å². The highest BCUT2D eigenvalue weighted by molar-refractivity contribution is 6.03. The van der Waals surface area contributed by atoms with Crippen molar-refractivity contribution in [2.24, 2.45) is 0 Å². The summed E-state index contributed by atoms with van der Waals surface area (Å²) in [6.07, 6.45) is 5.17. The highest BCUT2D eigenvalue weighted by atomic mass is 16.7. The number of fused-ring (bicyclic) bond motifs is 1. The van der Waals surface area contributed by atoms with Gasteiger partial charge in [-0.3, -0.25) is 4.79 Å². The monoisotopic (exact) mass is 406 g/mol. The molecule has 0 unspecified atom stereocenters. The van der Waals surface area contributed by atoms with Gasteiger partial charge in [-0.2, -0.15) is 0 Å². The molecule has 5 rings (SSSR count). The number of methoxy groups -OCH3 is 1. The number of anilines is 1. The molecule has 154 valence electrons. The molecule has 1 aliphatic carbocycles. The first-order valence-electron chi connectivity index (χ1n) is 10.1. The Balaban J connectivity index is 1.31. The molecule has 0 bridgehead atoms. The second-order valence-corrected chi connectivity index (χ2v) is 7.57. The van der Waals surface area contributed by atoms with E-state index in [0.717, 1.165) is 37.0 Å². The fourth-order valence-corrected chi connectivity index (χ4v) is 4.02. The number of hydrogen-bond acceptors (Lipinski definition) is 6. The molecule has 2 aromatic carbocycles. The third-order valence-corrected chi connectivity index (χ3v) is 5.52. The van der Waals surface area contributed by atoms with Gasteiger partial charge in [0.2, 0.25) is 0 Å². The molecule has 2 heterocycles. The van der Waals surface area contributed by atoms with E-state index in [1.165, 1.54) is 6.42 Å². The number of rotatable bonds is 4. The van der Waals surface area contributed by atoms with E-state index in [1.807, 2.05) is 30.3 Å². The summed E-state index contributed by atoms with van der Waals surface area (Å²) in [5.74, 6) is 1.57. The highest BCUT2D eigenvalue weighted by Gasteiger charge is 2.42. The summed E-state index contributed by atoms with van der Waals surface area (Å²) in [6.45, 7) is 0. The first-order valence-corrected chi connectivity index (χ1v) is 10.1. The van der Waals surface area contributed by atoms with Crippen molar-refractivity contribution < 1.29 is 23.5 Å². The molecule has 1 fully saturated rings. The van der Waals surface area contributed by atoms with E-state index in [9.17, 15) is 4.79 Å². The maximum absolute atomic E-state index is 12.7. The quantitative estimate of drug-likeness (QED) is 0.654. The third-order valence-electron chi connectivity index (χ3n) is 5.52. The lowest BCUT2D eigenvalue weighted by atomic mass is 9.94. The van der Waals surface area contributed by atoms with Crippen LogP contribution in [0, 0.1) is 0 Å². The van der Waals surface area contributed by atoms with Gasteiger partial charge in [-0.1, -0.05) is 23.7 Å². The molecule has 7 heteroatoms. The van der Waals surface area contributed by atoms with Crippen molar-refractivity contribution in [1.29, 1.82) is 0 Å². The van der Waals surface area contributed by atoms with Crippen LogP contribution < -0.4 is 19.5 Å². The van der Waals surface area contributed by atoms with Gasteiger partial charge in [-0.05, 0) is 37.1 Å². The highest BCUT2D eigenvalue weighted by Crippen LogP contribution is 2.46. The van der Waals surface area contributed by atoms with Crippen molar-refractivity contribution in [3.05, 3.63) is 54.2 Å². The number of carbonyl (C=O) groups is 1. The molecular formula is C23H22N2O5. The van der Waals surface area contributed by atoms with Crippen LogP contribution >= 0.6 is 0 Å². The van der Waals surface area contributed by atoms with Gasteiger partial charge >= 0.3 is 0 Å². The minimum absolute atomic E-state index is 0.178. The van der Waals surface area contributed by atoms with Crippen molar-refractivity contribution in [2.75, 3.05) is 12.4 Å². The van der Waals surface area contributed by atoms with Crippen LogP contribution in [0.15, 0.2) is 53.1 Å². The number of nitrogens with zero attached hydrogens (tertiary/aromatic N) is 1. The standard InChI is InChI=1S/C23H22N2O5/c1-27-18-8-4-3-7-16(18)20-14-17(25-30-20)22(26)24-15-9-10-19-21(13-15)29-23(28-19)11-5-2-6-12-23/h3-4,7-10,13-14H,2,5-6,11-12H2,1H3,(H,24,26). The van der Waals surface area contributed by atoms with E-state index in [4.69, 9.17) is 18.7 Å². The number of nitrogens with one attached hydrogen (secondary N) is 1. The second-order valence-electron chi connectivity index (χ2n) is 7.57. The molecule has 0 saturated heterocycles. The van der Waals surface area contributed by atoms with E-state index in [-0.39, 0.29) is 11.6 Å². The van der Waals surface area contributed by atoms with E-state index < -0.39 is 5.79 Å². The van der Waals surface area contributed by atoms with Crippen LogP contribution in [0.4, 0.5) is 5.69 Å². The predicted octanol–water partition coefficient (Wildman–Crippen LogP) is 5.03. The molecule has 1 N–H and O–H groups in total. The van der Waals surface area contributed by atoms with Crippen molar-refractivity contribution in [3.8, 4) is 28.6 Å². The maximum Gasteiger partial charge on any atom is 0.277 e. The van der Waals surface area contributed by atoms with Gasteiger partial charge in [0, 0.05) is 30.7 Å². The second kappa shape index (κ2) is 7.40. The Hall–Kier alpha value is -3.48. The molecule has 1 spiro atoms. The van der Waals surface area contributed by atoms with Gasteiger partial charge in [-0.25, -0.2) is 0 Å². The average molecular weight is 406 g/mol. The fraction of sp³-hybridized carbons (Fsp3) is 0.304. The van der Waals surface area contributed by atoms with Crippen molar-refractivity contribution >= 4 is 11.6 Å². The van der Waals surface area contributed by atoms with Gasteiger partial charge in [-0.15, -0.1) is 0 Å². The van der Waals surface area contributed by atoms with Crippen LogP contribution in [-0.4, -0.2) is 24.0 Å². The van der Waals surface area contributed by atoms with Crippen molar-refractivity contribution in [2.45, 2.75) is 37.9 Å². The van der Waals surface area contributed by atoms with Gasteiger partial charge in [0.25, 0.3) is 11.7 Å². The summed E-state index contributed by atoms with van der Waals surface area (Å²) in [5.41, 5.74) is 1.52. The lowest BCUT2D eigenvalue weighted by Gasteiger charge is -2.31. The largest absolute Gasteiger partial charge is 0.496 e. The number of benzene rings is 2. The first-order chi connectivity index (χ1) is 14.7. The molecule has 30 heavy (non-hydrogen) atoms. The Bertz CT molecular complexity index is 1080. The van der Waals surface area contributed by atoms with Crippen LogP contribution in [0.25, 0.3) is 11.3 Å². The lowest BCUT2D eigenvalue weighted by Crippen LogP contribution is -2.40. The zero-order valence-electron chi connectivity index (χ0n) is 16.6. The topological polar surface area (TPSA) is 82.8 Å².